The summed E-state index contributed by atoms with van der Waals surface area (Å²) in [5.41, 5.74) is 3.09. The van der Waals surface area contributed by atoms with E-state index in [0.29, 0.717) is 0 Å². The van der Waals surface area contributed by atoms with Crippen molar-refractivity contribution in [2.75, 3.05) is 0 Å². The average molecular weight is 345 g/mol. The molecule has 0 atom stereocenters. The molecule has 1 N–H and O–H groups in total. The predicted octanol–water partition coefficient (Wildman–Crippen LogP) is 5.82. The van der Waals surface area contributed by atoms with Gasteiger partial charge in [-0.2, -0.15) is 0 Å². The van der Waals surface area contributed by atoms with Crippen LogP contribution in [0.2, 0.25) is 0 Å². The van der Waals surface area contributed by atoms with Gasteiger partial charge in [-0.15, -0.1) is 11.3 Å². The van der Waals surface area contributed by atoms with E-state index in [4.69, 9.17) is 12.2 Å². The quantitative estimate of drug-likeness (QED) is 0.529. The molecule has 0 bridgehead atoms. The Morgan fingerprint density at radius 3 is 2.91 bits per heavy atom. The number of benzene rings is 1. The van der Waals surface area contributed by atoms with Crippen molar-refractivity contribution < 1.29 is 5.11 Å². The summed E-state index contributed by atoms with van der Waals surface area (Å²) in [5, 5.41) is 10.5. The van der Waals surface area contributed by atoms with Crippen molar-refractivity contribution in [3.05, 3.63) is 38.7 Å². The topological polar surface area (TPSA) is 37.5 Å². The molecule has 2 heterocycles. The predicted molar refractivity (Wildman–Crippen MR) is 101 cm³/mol. The molecule has 1 aliphatic rings. The van der Waals surface area contributed by atoms with Gasteiger partial charge >= 0.3 is 0 Å². The summed E-state index contributed by atoms with van der Waals surface area (Å²) in [7, 11) is 0. The molecule has 1 aromatic heterocycles. The van der Waals surface area contributed by atoms with E-state index >= 15 is 0 Å². The van der Waals surface area contributed by atoms with Crippen molar-refractivity contribution in [3.63, 3.8) is 0 Å². The maximum atomic E-state index is 10.5. The lowest BCUT2D eigenvalue weighted by Gasteiger charge is -2.04. The summed E-state index contributed by atoms with van der Waals surface area (Å²) in [6.45, 7) is 2.98. The number of hydrogen-bond donors (Lipinski definition) is 1. The van der Waals surface area contributed by atoms with E-state index in [2.05, 4.69) is 11.9 Å². The monoisotopic (exact) mass is 344 g/mol. The van der Waals surface area contributed by atoms with Crippen molar-refractivity contribution >= 4 is 47.1 Å². The highest BCUT2D eigenvalue weighted by atomic mass is 32.1. The first-order valence-corrected chi connectivity index (χ1v) is 9.21. The number of aromatic nitrogens is 1. The zero-order chi connectivity index (χ0) is 16.2. The van der Waals surface area contributed by atoms with Crippen LogP contribution < -0.4 is 0 Å². The molecule has 1 aliphatic heterocycles. The zero-order valence-electron chi connectivity index (χ0n) is 13.2. The molecule has 0 amide bonds. The highest BCUT2D eigenvalue weighted by molar-refractivity contribution is 7.73. The maximum Gasteiger partial charge on any atom is 0.210 e. The number of aliphatic imine (C=N–C) groups is 1. The molecule has 0 fully saturated rings. The van der Waals surface area contributed by atoms with Gasteiger partial charge in [-0.25, -0.2) is 0 Å². The van der Waals surface area contributed by atoms with Crippen LogP contribution >= 0.6 is 23.6 Å². The number of unbranched alkanes of at least 4 members (excludes halogenated alkanes) is 3. The van der Waals surface area contributed by atoms with E-state index in [-0.39, 0.29) is 5.88 Å². The van der Waals surface area contributed by atoms with Gasteiger partial charge in [-0.3, -0.25) is 9.56 Å². The lowest BCUT2D eigenvalue weighted by Crippen LogP contribution is -1.97. The van der Waals surface area contributed by atoms with Gasteiger partial charge < -0.3 is 5.11 Å². The molecule has 0 saturated carbocycles. The Kier molecular flexibility index (Phi) is 5.08. The molecule has 3 nitrogen and oxygen atoms in total. The van der Waals surface area contributed by atoms with Gasteiger partial charge in [-0.05, 0) is 30.8 Å². The highest BCUT2D eigenvalue weighted by Crippen LogP contribution is 2.35. The van der Waals surface area contributed by atoms with E-state index < -0.39 is 0 Å². The third-order valence-corrected chi connectivity index (χ3v) is 5.36. The molecular formula is C18H20N2OS2. The van der Waals surface area contributed by atoms with Crippen LogP contribution in [0.4, 0.5) is 5.69 Å². The summed E-state index contributed by atoms with van der Waals surface area (Å²) < 4.78 is 2.58. The van der Waals surface area contributed by atoms with E-state index in [0.717, 1.165) is 38.6 Å². The Hall–Kier alpha value is -1.72. The van der Waals surface area contributed by atoms with E-state index in [1.165, 1.54) is 30.6 Å². The van der Waals surface area contributed by atoms with Crippen LogP contribution in [0.5, 0.6) is 5.88 Å². The Labute approximate surface area is 145 Å². The first kappa shape index (κ1) is 16.1. The lowest BCUT2D eigenvalue weighted by molar-refractivity contribution is 0.407. The SMILES string of the molecule is CCCCCCn1c(O)c(/C=C2\C=Nc3ccccc32)sc1=S. The molecular weight excluding hydrogens is 324 g/mol. The van der Waals surface area contributed by atoms with E-state index in [9.17, 15) is 5.11 Å². The number of rotatable bonds is 6. The molecule has 1 aromatic carbocycles. The van der Waals surface area contributed by atoms with E-state index in [1.54, 1.807) is 0 Å². The normalized spacial score (nSPS) is 14.6. The Morgan fingerprint density at radius 2 is 2.09 bits per heavy atom. The third kappa shape index (κ3) is 3.46. The second kappa shape index (κ2) is 7.23. The minimum Gasteiger partial charge on any atom is -0.493 e. The van der Waals surface area contributed by atoms with Gasteiger partial charge in [0.25, 0.3) is 0 Å². The second-order valence-electron chi connectivity index (χ2n) is 5.64. The molecule has 0 saturated heterocycles. The number of aromatic hydroxyl groups is 1. The van der Waals surface area contributed by atoms with Gasteiger partial charge in [0.1, 0.15) is 0 Å². The highest BCUT2D eigenvalue weighted by Gasteiger charge is 2.15. The van der Waals surface area contributed by atoms with Gasteiger partial charge in [0, 0.05) is 23.9 Å². The average Bonchev–Trinajstić information content (AvgIpc) is 3.08. The van der Waals surface area contributed by atoms with Crippen LogP contribution in [0.1, 0.15) is 43.0 Å². The minimum absolute atomic E-state index is 0.279. The molecule has 120 valence electrons. The molecule has 23 heavy (non-hydrogen) atoms. The first-order chi connectivity index (χ1) is 11.2. The summed E-state index contributed by atoms with van der Waals surface area (Å²) in [4.78, 5) is 5.21. The number of fused-ring (bicyclic) bond motifs is 1. The number of para-hydroxylation sites is 1. The fourth-order valence-corrected chi connectivity index (χ4v) is 4.01. The van der Waals surface area contributed by atoms with E-state index in [1.807, 2.05) is 41.1 Å². The van der Waals surface area contributed by atoms with Gasteiger partial charge in [0.05, 0.1) is 10.6 Å². The molecule has 3 rings (SSSR count). The fourth-order valence-electron chi connectivity index (χ4n) is 2.70. The van der Waals surface area contributed by atoms with Crippen LogP contribution in [0.3, 0.4) is 0 Å². The molecule has 2 aromatic rings. The van der Waals surface area contributed by atoms with Crippen LogP contribution in [0.15, 0.2) is 29.3 Å². The summed E-state index contributed by atoms with van der Waals surface area (Å²) in [5.74, 6) is 0.279. The van der Waals surface area contributed by atoms with Crippen LogP contribution in [-0.4, -0.2) is 15.9 Å². The number of allylic oxidation sites excluding steroid dienone is 1. The van der Waals surface area contributed by atoms with Gasteiger partial charge in [0.2, 0.25) is 5.88 Å². The molecule has 0 aliphatic carbocycles. The third-order valence-electron chi connectivity index (χ3n) is 3.97. The smallest absolute Gasteiger partial charge is 0.210 e. The molecule has 0 spiro atoms. The van der Waals surface area contributed by atoms with Gasteiger partial charge in [-0.1, -0.05) is 44.4 Å². The standard InChI is InChI=1S/C18H20N2OS2/c1-2-3-4-7-10-20-17(21)16(23-18(20)22)11-13-12-19-15-9-6-5-8-14(13)15/h5-6,8-9,11-12,21H,2-4,7,10H2,1H3/b13-11+. The van der Waals surface area contributed by atoms with Crippen molar-refractivity contribution in [2.24, 2.45) is 4.99 Å². The van der Waals surface area contributed by atoms with Crippen LogP contribution in [-0.2, 0) is 6.54 Å². The maximum absolute atomic E-state index is 10.5. The summed E-state index contributed by atoms with van der Waals surface area (Å²) in [6, 6.07) is 8.02. The minimum atomic E-state index is 0.279. The Morgan fingerprint density at radius 1 is 1.26 bits per heavy atom. The van der Waals surface area contributed by atoms with Crippen molar-refractivity contribution in [1.82, 2.24) is 4.57 Å². The first-order valence-electron chi connectivity index (χ1n) is 7.98. The Bertz CT molecular complexity index is 815. The van der Waals surface area contributed by atoms with Gasteiger partial charge in [0.15, 0.2) is 3.95 Å². The van der Waals surface area contributed by atoms with Crippen molar-refractivity contribution in [2.45, 2.75) is 39.2 Å². The van der Waals surface area contributed by atoms with Crippen LogP contribution in [0.25, 0.3) is 11.6 Å². The fraction of sp³-hybridized carbons (Fsp3) is 0.333. The van der Waals surface area contributed by atoms with Crippen molar-refractivity contribution in [3.8, 4) is 5.88 Å². The molecule has 0 radical (unpaired) electrons. The Balaban J connectivity index is 1.84. The lowest BCUT2D eigenvalue weighted by atomic mass is 10.1. The molecule has 5 heteroatoms. The zero-order valence-corrected chi connectivity index (χ0v) is 14.8. The summed E-state index contributed by atoms with van der Waals surface area (Å²) in [6.07, 6.45) is 8.47. The second-order valence-corrected chi connectivity index (χ2v) is 7.32. The van der Waals surface area contributed by atoms with Crippen molar-refractivity contribution in [1.29, 1.82) is 0 Å². The largest absolute Gasteiger partial charge is 0.493 e. The number of hydrogen-bond acceptors (Lipinski definition) is 4. The number of thiazole rings is 1. The van der Waals surface area contributed by atoms with Crippen LogP contribution in [0, 0.1) is 3.95 Å². The number of nitrogens with zero attached hydrogens (tertiary/aromatic N) is 2. The molecule has 0 unspecified atom stereocenters. The summed E-state index contributed by atoms with van der Waals surface area (Å²) >= 11 is 6.87.